The van der Waals surface area contributed by atoms with Crippen LogP contribution in [0.5, 0.6) is 5.75 Å². The molecular formula is C24H26N4O3. The Morgan fingerprint density at radius 2 is 1.94 bits per heavy atom. The van der Waals surface area contributed by atoms with Gasteiger partial charge in [-0.3, -0.25) is 0 Å². The number of nitrogens with zero attached hydrogens (tertiary/aromatic N) is 3. The van der Waals surface area contributed by atoms with Crippen molar-refractivity contribution >= 4 is 6.03 Å². The summed E-state index contributed by atoms with van der Waals surface area (Å²) in [5.41, 5.74) is 2.10. The molecule has 1 saturated heterocycles. The molecule has 3 heterocycles. The van der Waals surface area contributed by atoms with Crippen LogP contribution in [0.15, 0.2) is 59.1 Å². The molecule has 7 heteroatoms. The largest absolute Gasteiger partial charge is 0.493 e. The van der Waals surface area contributed by atoms with E-state index in [1.165, 1.54) is 5.56 Å². The molecule has 31 heavy (non-hydrogen) atoms. The maximum atomic E-state index is 13.0. The lowest BCUT2D eigenvalue weighted by Crippen LogP contribution is -2.46. The lowest BCUT2D eigenvalue weighted by Gasteiger charge is -2.34. The molecule has 0 spiro atoms. The molecule has 3 aromatic rings. The molecule has 2 atom stereocenters. The third-order valence-electron chi connectivity index (χ3n) is 6.02. The quantitative estimate of drug-likeness (QED) is 0.686. The van der Waals surface area contributed by atoms with Crippen molar-refractivity contribution in [3.05, 3.63) is 66.1 Å². The van der Waals surface area contributed by atoms with Gasteiger partial charge in [0.25, 0.3) is 0 Å². The summed E-state index contributed by atoms with van der Waals surface area (Å²) in [7, 11) is 0. The fraction of sp³-hybridized carbons (Fsp3) is 0.375. The van der Waals surface area contributed by atoms with E-state index in [9.17, 15) is 4.79 Å². The van der Waals surface area contributed by atoms with E-state index in [0.717, 1.165) is 37.0 Å². The number of likely N-dealkylation sites (tertiary alicyclic amines) is 1. The Morgan fingerprint density at radius 1 is 1.10 bits per heavy atom. The number of hydrogen-bond acceptors (Lipinski definition) is 5. The van der Waals surface area contributed by atoms with E-state index in [-0.39, 0.29) is 18.0 Å². The summed E-state index contributed by atoms with van der Waals surface area (Å²) in [6, 6.07) is 17.6. The van der Waals surface area contributed by atoms with Crippen molar-refractivity contribution in [2.24, 2.45) is 5.92 Å². The van der Waals surface area contributed by atoms with Gasteiger partial charge < -0.3 is 19.5 Å². The molecule has 1 fully saturated rings. The Hall–Kier alpha value is -3.35. The van der Waals surface area contributed by atoms with Crippen LogP contribution in [-0.4, -0.2) is 40.8 Å². The standard InChI is InChI=1S/C24H26N4O3/c29-24(25-15-17-14-19-10-4-5-12-21(19)30-16-17)28-13-7-6-11-20(28)23-26-22(27-31-23)18-8-2-1-3-9-18/h1-5,8-10,12,17,20H,6-7,11,13-16H2,(H,25,29). The molecule has 160 valence electrons. The van der Waals surface area contributed by atoms with Gasteiger partial charge in [-0.15, -0.1) is 0 Å². The molecule has 0 radical (unpaired) electrons. The Bertz CT molecular complexity index is 1040. The van der Waals surface area contributed by atoms with Crippen LogP contribution < -0.4 is 10.1 Å². The molecular weight excluding hydrogens is 392 g/mol. The van der Waals surface area contributed by atoms with Crippen molar-refractivity contribution in [1.29, 1.82) is 0 Å². The predicted octanol–water partition coefficient (Wildman–Crippen LogP) is 4.22. The van der Waals surface area contributed by atoms with E-state index < -0.39 is 0 Å². The average molecular weight is 418 g/mol. The molecule has 2 aliphatic rings. The zero-order chi connectivity index (χ0) is 21.0. The Kier molecular flexibility index (Phi) is 5.56. The third kappa shape index (κ3) is 4.26. The van der Waals surface area contributed by atoms with Crippen molar-refractivity contribution in [3.8, 4) is 17.1 Å². The van der Waals surface area contributed by atoms with E-state index >= 15 is 0 Å². The molecule has 5 rings (SSSR count). The van der Waals surface area contributed by atoms with Crippen molar-refractivity contribution in [2.45, 2.75) is 31.7 Å². The zero-order valence-electron chi connectivity index (χ0n) is 17.4. The number of para-hydroxylation sites is 1. The number of ether oxygens (including phenoxy) is 1. The van der Waals surface area contributed by atoms with Gasteiger partial charge in [0, 0.05) is 24.6 Å². The van der Waals surface area contributed by atoms with E-state index in [1.54, 1.807) is 0 Å². The van der Waals surface area contributed by atoms with Crippen molar-refractivity contribution < 1.29 is 14.1 Å². The van der Waals surface area contributed by atoms with Gasteiger partial charge in [-0.1, -0.05) is 53.7 Å². The molecule has 2 amide bonds. The number of fused-ring (bicyclic) bond motifs is 1. The van der Waals surface area contributed by atoms with Crippen molar-refractivity contribution in [2.75, 3.05) is 19.7 Å². The van der Waals surface area contributed by atoms with Crippen LogP contribution in [0.4, 0.5) is 4.79 Å². The normalized spacial score (nSPS) is 20.6. The van der Waals surface area contributed by atoms with Crippen LogP contribution in [0.2, 0.25) is 0 Å². The van der Waals surface area contributed by atoms with Crippen LogP contribution in [0, 0.1) is 5.92 Å². The summed E-state index contributed by atoms with van der Waals surface area (Å²) in [6.07, 6.45) is 3.74. The number of nitrogens with one attached hydrogen (secondary N) is 1. The van der Waals surface area contributed by atoms with Gasteiger partial charge >= 0.3 is 6.03 Å². The second-order valence-electron chi connectivity index (χ2n) is 8.20. The second kappa shape index (κ2) is 8.79. The maximum absolute atomic E-state index is 13.0. The molecule has 0 saturated carbocycles. The van der Waals surface area contributed by atoms with Crippen LogP contribution in [0.1, 0.15) is 36.8 Å². The first-order chi connectivity index (χ1) is 15.3. The van der Waals surface area contributed by atoms with Crippen LogP contribution >= 0.6 is 0 Å². The molecule has 7 nitrogen and oxygen atoms in total. The highest BCUT2D eigenvalue weighted by molar-refractivity contribution is 5.74. The fourth-order valence-electron chi connectivity index (χ4n) is 4.36. The second-order valence-corrected chi connectivity index (χ2v) is 8.20. The minimum Gasteiger partial charge on any atom is -0.493 e. The number of carbonyl (C=O) groups excluding carboxylic acids is 1. The molecule has 1 aromatic heterocycles. The minimum absolute atomic E-state index is 0.0805. The summed E-state index contributed by atoms with van der Waals surface area (Å²) in [4.78, 5) is 19.5. The summed E-state index contributed by atoms with van der Waals surface area (Å²) < 4.78 is 11.4. The highest BCUT2D eigenvalue weighted by Crippen LogP contribution is 2.31. The summed E-state index contributed by atoms with van der Waals surface area (Å²) >= 11 is 0. The number of benzene rings is 2. The first kappa shape index (κ1) is 19.6. The molecule has 2 aromatic carbocycles. The molecule has 2 unspecified atom stereocenters. The Balaban J connectivity index is 1.23. The van der Waals surface area contributed by atoms with Crippen molar-refractivity contribution in [1.82, 2.24) is 20.4 Å². The van der Waals surface area contributed by atoms with Gasteiger partial charge in [0.2, 0.25) is 11.7 Å². The average Bonchev–Trinajstić information content (AvgIpc) is 3.33. The summed E-state index contributed by atoms with van der Waals surface area (Å²) in [5, 5.41) is 7.24. The van der Waals surface area contributed by atoms with Gasteiger partial charge in [-0.05, 0) is 37.3 Å². The van der Waals surface area contributed by atoms with E-state index in [0.29, 0.717) is 31.4 Å². The number of aromatic nitrogens is 2. The van der Waals surface area contributed by atoms with Gasteiger partial charge in [-0.2, -0.15) is 4.98 Å². The summed E-state index contributed by atoms with van der Waals surface area (Å²) in [6.45, 7) is 1.88. The van der Waals surface area contributed by atoms with Crippen molar-refractivity contribution in [3.63, 3.8) is 0 Å². The van der Waals surface area contributed by atoms with Gasteiger partial charge in [0.1, 0.15) is 11.8 Å². The zero-order valence-corrected chi connectivity index (χ0v) is 17.4. The van der Waals surface area contributed by atoms with Gasteiger partial charge in [0.15, 0.2) is 0 Å². The topological polar surface area (TPSA) is 80.5 Å². The number of carbonyl (C=O) groups is 1. The molecule has 1 N–H and O–H groups in total. The van der Waals surface area contributed by atoms with Crippen LogP contribution in [-0.2, 0) is 6.42 Å². The highest BCUT2D eigenvalue weighted by Gasteiger charge is 2.32. The first-order valence-electron chi connectivity index (χ1n) is 10.9. The number of piperidine rings is 1. The van der Waals surface area contributed by atoms with Crippen LogP contribution in [0.3, 0.4) is 0 Å². The SMILES string of the molecule is O=C(NCC1COc2ccccc2C1)N1CCCCC1c1nc(-c2ccccc2)no1. The lowest BCUT2D eigenvalue weighted by atomic mass is 9.97. The van der Waals surface area contributed by atoms with Gasteiger partial charge in [-0.25, -0.2) is 4.79 Å². The smallest absolute Gasteiger partial charge is 0.318 e. The monoisotopic (exact) mass is 418 g/mol. The number of urea groups is 1. The predicted molar refractivity (Wildman–Crippen MR) is 116 cm³/mol. The lowest BCUT2D eigenvalue weighted by molar-refractivity contribution is 0.129. The maximum Gasteiger partial charge on any atom is 0.318 e. The van der Waals surface area contributed by atoms with E-state index in [2.05, 4.69) is 21.5 Å². The highest BCUT2D eigenvalue weighted by atomic mass is 16.5. The first-order valence-corrected chi connectivity index (χ1v) is 10.9. The summed E-state index contributed by atoms with van der Waals surface area (Å²) in [5.74, 6) is 2.27. The third-order valence-corrected chi connectivity index (χ3v) is 6.02. The Morgan fingerprint density at radius 3 is 2.84 bits per heavy atom. The number of amides is 2. The molecule has 2 aliphatic heterocycles. The molecule has 0 aliphatic carbocycles. The fourth-order valence-corrected chi connectivity index (χ4v) is 4.36. The minimum atomic E-state index is -0.193. The molecule has 0 bridgehead atoms. The van der Waals surface area contributed by atoms with Gasteiger partial charge in [0.05, 0.1) is 6.61 Å². The van der Waals surface area contributed by atoms with E-state index in [1.807, 2.05) is 53.4 Å². The van der Waals surface area contributed by atoms with E-state index in [4.69, 9.17) is 9.26 Å². The Labute approximate surface area is 181 Å². The number of rotatable bonds is 4. The number of hydrogen-bond donors (Lipinski definition) is 1. The van der Waals surface area contributed by atoms with Crippen LogP contribution in [0.25, 0.3) is 11.4 Å².